The number of hydrogen-bond acceptors (Lipinski definition) is 5. The molecule has 1 fully saturated rings. The van der Waals surface area contributed by atoms with E-state index in [4.69, 9.17) is 10.3 Å². The van der Waals surface area contributed by atoms with Crippen molar-refractivity contribution < 1.29 is 9.32 Å². The second-order valence-electron chi connectivity index (χ2n) is 5.26. The molecule has 17 heavy (non-hydrogen) atoms. The van der Waals surface area contributed by atoms with Crippen molar-refractivity contribution in [2.75, 3.05) is 0 Å². The van der Waals surface area contributed by atoms with E-state index in [0.717, 1.165) is 31.4 Å². The zero-order valence-corrected chi connectivity index (χ0v) is 10.9. The number of rotatable bonds is 4. The van der Waals surface area contributed by atoms with Gasteiger partial charge >= 0.3 is 0 Å². The number of ketones is 1. The molecule has 2 rings (SSSR count). The van der Waals surface area contributed by atoms with E-state index in [9.17, 15) is 4.79 Å². The van der Waals surface area contributed by atoms with E-state index in [1.54, 1.807) is 6.07 Å². The number of aromatic nitrogens is 1. The lowest BCUT2D eigenvalue weighted by Crippen LogP contribution is -2.17. The summed E-state index contributed by atoms with van der Waals surface area (Å²) in [6.07, 6.45) is 4.17. The average Bonchev–Trinajstić information content (AvgIpc) is 2.83. The number of carbonyl (C=O) groups excluding carboxylic acids is 1. The summed E-state index contributed by atoms with van der Waals surface area (Å²) in [5, 5.41) is 4.34. The zero-order valence-electron chi connectivity index (χ0n) is 9.98. The van der Waals surface area contributed by atoms with Crippen LogP contribution in [0.4, 0.5) is 0 Å². The fraction of sp³-hybridized carbons (Fsp3) is 0.667. The zero-order chi connectivity index (χ0) is 12.5. The minimum absolute atomic E-state index is 0.127. The molecular weight excluding hydrogens is 236 g/mol. The first-order valence-electron chi connectivity index (χ1n) is 5.91. The first kappa shape index (κ1) is 12.6. The summed E-state index contributed by atoms with van der Waals surface area (Å²) in [4.78, 5) is 11.3. The Hall–Kier alpha value is -0.810. The van der Waals surface area contributed by atoms with Crippen LogP contribution in [0.2, 0.25) is 0 Å². The molecule has 0 amide bonds. The lowest BCUT2D eigenvalue weighted by atomic mass is 9.82. The number of nitrogens with two attached hydrogens (primary N) is 1. The molecule has 0 spiro atoms. The highest BCUT2D eigenvalue weighted by molar-refractivity contribution is 7.80. The largest absolute Gasteiger partial charge is 0.350 e. The van der Waals surface area contributed by atoms with E-state index >= 15 is 0 Å². The van der Waals surface area contributed by atoms with Crippen LogP contribution in [0.15, 0.2) is 15.7 Å². The smallest absolute Gasteiger partial charge is 0.190 e. The van der Waals surface area contributed by atoms with E-state index in [1.807, 2.05) is 0 Å². The van der Waals surface area contributed by atoms with Crippen molar-refractivity contribution in [3.63, 3.8) is 0 Å². The molecule has 4 nitrogen and oxygen atoms in total. The van der Waals surface area contributed by atoms with Gasteiger partial charge in [-0.25, -0.2) is 0 Å². The SMILES string of the molecule is CC1(CCC(N)c2cc(S)on2)CCC(=O)C1. The van der Waals surface area contributed by atoms with Gasteiger partial charge in [-0.3, -0.25) is 4.79 Å². The van der Waals surface area contributed by atoms with Gasteiger partial charge < -0.3 is 10.3 Å². The van der Waals surface area contributed by atoms with Crippen LogP contribution in [0.3, 0.4) is 0 Å². The molecule has 2 unspecified atom stereocenters. The summed E-state index contributed by atoms with van der Waals surface area (Å²) in [5.41, 5.74) is 6.90. The van der Waals surface area contributed by atoms with Gasteiger partial charge in [0.05, 0.1) is 6.04 Å². The second-order valence-corrected chi connectivity index (χ2v) is 5.70. The molecule has 0 aliphatic heterocycles. The summed E-state index contributed by atoms with van der Waals surface area (Å²) < 4.78 is 4.88. The first-order valence-corrected chi connectivity index (χ1v) is 6.36. The first-order chi connectivity index (χ1) is 7.98. The van der Waals surface area contributed by atoms with Gasteiger partial charge in [0.25, 0.3) is 0 Å². The molecular formula is C12H18N2O2S. The molecule has 0 aromatic carbocycles. The van der Waals surface area contributed by atoms with Gasteiger partial charge in [-0.05, 0) is 24.7 Å². The number of thiol groups is 1. The van der Waals surface area contributed by atoms with E-state index in [0.29, 0.717) is 17.3 Å². The predicted octanol–water partition coefficient (Wildman–Crippen LogP) is 2.50. The Balaban J connectivity index is 1.88. The van der Waals surface area contributed by atoms with Gasteiger partial charge in [0.15, 0.2) is 5.09 Å². The maximum atomic E-state index is 11.3. The van der Waals surface area contributed by atoms with E-state index < -0.39 is 0 Å². The summed E-state index contributed by atoms with van der Waals surface area (Å²) >= 11 is 4.05. The standard InChI is InChI=1S/C12H18N2O2S/c1-12(4-2-8(15)7-12)5-3-9(13)10-6-11(17)16-14-10/h6,9,17H,2-5,7,13H2,1H3. The van der Waals surface area contributed by atoms with Crippen molar-refractivity contribution in [2.24, 2.45) is 11.1 Å². The van der Waals surface area contributed by atoms with Crippen molar-refractivity contribution in [3.8, 4) is 0 Å². The Morgan fingerprint density at radius 3 is 3.00 bits per heavy atom. The number of nitrogens with zero attached hydrogens (tertiary/aromatic N) is 1. The molecule has 1 aliphatic rings. The van der Waals surface area contributed by atoms with Crippen LogP contribution in [0.25, 0.3) is 0 Å². The lowest BCUT2D eigenvalue weighted by molar-refractivity contribution is -0.118. The van der Waals surface area contributed by atoms with Crippen molar-refractivity contribution in [2.45, 2.75) is 50.2 Å². The van der Waals surface area contributed by atoms with Gasteiger partial charge in [-0.15, -0.1) is 12.6 Å². The molecule has 1 heterocycles. The number of Topliss-reactive ketones (excluding diaryl/α,β-unsaturated/α-hetero) is 1. The molecule has 1 aromatic heterocycles. The Morgan fingerprint density at radius 1 is 1.71 bits per heavy atom. The van der Waals surface area contributed by atoms with Crippen molar-refractivity contribution in [1.29, 1.82) is 0 Å². The molecule has 5 heteroatoms. The fourth-order valence-electron chi connectivity index (χ4n) is 2.41. The highest BCUT2D eigenvalue weighted by Crippen LogP contribution is 2.40. The topological polar surface area (TPSA) is 69.1 Å². The molecule has 94 valence electrons. The van der Waals surface area contributed by atoms with E-state index in [1.165, 1.54) is 0 Å². The fourth-order valence-corrected chi connectivity index (χ4v) is 2.59. The van der Waals surface area contributed by atoms with Gasteiger partial charge in [-0.1, -0.05) is 12.1 Å². The maximum Gasteiger partial charge on any atom is 0.190 e. The monoisotopic (exact) mass is 254 g/mol. The highest BCUT2D eigenvalue weighted by atomic mass is 32.1. The van der Waals surface area contributed by atoms with Crippen LogP contribution in [-0.4, -0.2) is 10.9 Å². The second kappa shape index (κ2) is 4.82. The summed E-state index contributed by atoms with van der Waals surface area (Å²) in [6, 6.07) is 1.61. The average molecular weight is 254 g/mol. The quantitative estimate of drug-likeness (QED) is 0.810. The lowest BCUT2D eigenvalue weighted by Gasteiger charge is -2.23. The van der Waals surface area contributed by atoms with Crippen LogP contribution in [0.1, 0.15) is 50.8 Å². The Kier molecular flexibility index (Phi) is 3.58. The van der Waals surface area contributed by atoms with Crippen molar-refractivity contribution >= 4 is 18.4 Å². The maximum absolute atomic E-state index is 11.3. The molecule has 0 bridgehead atoms. The van der Waals surface area contributed by atoms with Crippen LogP contribution < -0.4 is 5.73 Å². The van der Waals surface area contributed by atoms with Gasteiger partial charge in [0, 0.05) is 18.9 Å². The third kappa shape index (κ3) is 3.10. The van der Waals surface area contributed by atoms with Gasteiger partial charge in [-0.2, -0.15) is 0 Å². The Morgan fingerprint density at radius 2 is 2.47 bits per heavy atom. The molecule has 2 atom stereocenters. The molecule has 1 aromatic rings. The molecule has 0 radical (unpaired) electrons. The minimum atomic E-state index is -0.132. The normalized spacial score (nSPS) is 26.4. The number of carbonyl (C=O) groups is 1. The predicted molar refractivity (Wildman–Crippen MR) is 66.9 cm³/mol. The number of hydrogen-bond donors (Lipinski definition) is 2. The summed E-state index contributed by atoms with van der Waals surface area (Å²) in [5.74, 6) is 0.375. The van der Waals surface area contributed by atoms with Crippen LogP contribution in [-0.2, 0) is 4.79 Å². The van der Waals surface area contributed by atoms with Crippen LogP contribution in [0, 0.1) is 5.41 Å². The van der Waals surface area contributed by atoms with Crippen LogP contribution >= 0.6 is 12.6 Å². The molecule has 0 saturated heterocycles. The van der Waals surface area contributed by atoms with Crippen molar-refractivity contribution in [3.05, 3.63) is 11.8 Å². The molecule has 2 N–H and O–H groups in total. The molecule has 1 saturated carbocycles. The Bertz CT molecular complexity index is 418. The highest BCUT2D eigenvalue weighted by Gasteiger charge is 2.34. The van der Waals surface area contributed by atoms with Gasteiger partial charge in [0.2, 0.25) is 0 Å². The summed E-state index contributed by atoms with van der Waals surface area (Å²) in [7, 11) is 0. The van der Waals surface area contributed by atoms with Crippen LogP contribution in [0.5, 0.6) is 0 Å². The van der Waals surface area contributed by atoms with Crippen molar-refractivity contribution in [1.82, 2.24) is 5.16 Å². The minimum Gasteiger partial charge on any atom is -0.350 e. The third-order valence-electron chi connectivity index (χ3n) is 3.59. The van der Waals surface area contributed by atoms with E-state index in [2.05, 4.69) is 24.7 Å². The van der Waals surface area contributed by atoms with Gasteiger partial charge in [0.1, 0.15) is 11.5 Å². The van der Waals surface area contributed by atoms with E-state index in [-0.39, 0.29) is 11.5 Å². The summed E-state index contributed by atoms with van der Waals surface area (Å²) in [6.45, 7) is 2.16. The third-order valence-corrected chi connectivity index (χ3v) is 3.80. The molecule has 1 aliphatic carbocycles. The Labute approximate surface area is 106 Å².